The third-order valence-electron chi connectivity index (χ3n) is 4.70. The Hall–Kier alpha value is -2.02. The van der Waals surface area contributed by atoms with Crippen LogP contribution in [0.25, 0.3) is 0 Å². The van der Waals surface area contributed by atoms with Gasteiger partial charge < -0.3 is 15.1 Å². The summed E-state index contributed by atoms with van der Waals surface area (Å²) in [5, 5.41) is 19.7. The van der Waals surface area contributed by atoms with Crippen LogP contribution in [0.15, 0.2) is 12.1 Å². The zero-order valence-electron chi connectivity index (χ0n) is 13.7. The summed E-state index contributed by atoms with van der Waals surface area (Å²) in [6.07, 6.45) is -0.302. The van der Waals surface area contributed by atoms with Crippen LogP contribution in [0.5, 0.6) is 0 Å². The van der Waals surface area contributed by atoms with Gasteiger partial charge in [0, 0.05) is 13.1 Å². The number of likely N-dealkylation sites (tertiary alicyclic amines) is 1. The monoisotopic (exact) mass is 341 g/mol. The molecule has 2 N–H and O–H groups in total. The molecule has 7 heteroatoms. The minimum Gasteiger partial charge on any atom is -0.481 e. The van der Waals surface area contributed by atoms with Crippen LogP contribution in [0.2, 0.25) is 0 Å². The highest BCUT2D eigenvalue weighted by atomic mass is 19.2. The summed E-state index contributed by atoms with van der Waals surface area (Å²) in [6.45, 7) is 3.03. The normalized spacial score (nSPS) is 24.0. The van der Waals surface area contributed by atoms with E-state index >= 15 is 0 Å². The Bertz CT molecular complexity index is 664. The molecule has 1 aromatic carbocycles. The molecule has 0 aromatic heterocycles. The smallest absolute Gasteiger partial charge is 0.314 e. The fourth-order valence-electron chi connectivity index (χ4n) is 3.24. The van der Waals surface area contributed by atoms with Gasteiger partial charge in [-0.15, -0.1) is 0 Å². The van der Waals surface area contributed by atoms with Gasteiger partial charge in [-0.1, -0.05) is 19.4 Å². The van der Waals surface area contributed by atoms with Gasteiger partial charge in [0.25, 0.3) is 5.91 Å². The summed E-state index contributed by atoms with van der Waals surface area (Å²) in [5.74, 6) is -4.27. The number of aliphatic hydroxyl groups is 1. The number of carbonyl (C=O) groups is 2. The second kappa shape index (κ2) is 6.84. The minimum absolute atomic E-state index is 0.0774. The number of carbonyl (C=O) groups excluding carboxylic acids is 1. The van der Waals surface area contributed by atoms with Crippen molar-refractivity contribution in [3.63, 3.8) is 0 Å². The van der Waals surface area contributed by atoms with Crippen molar-refractivity contribution >= 4 is 11.9 Å². The fraction of sp³-hybridized carbons (Fsp3) is 0.529. The van der Waals surface area contributed by atoms with Gasteiger partial charge in [0.1, 0.15) is 5.41 Å². The third-order valence-corrected chi connectivity index (χ3v) is 4.70. The molecule has 132 valence electrons. The predicted octanol–water partition coefficient (Wildman–Crippen LogP) is 2.35. The van der Waals surface area contributed by atoms with E-state index in [1.54, 1.807) is 6.92 Å². The van der Waals surface area contributed by atoms with Crippen molar-refractivity contribution in [3.05, 3.63) is 34.9 Å². The number of aryl methyl sites for hydroxylation is 1. The first-order valence-corrected chi connectivity index (χ1v) is 7.90. The molecule has 24 heavy (non-hydrogen) atoms. The number of nitrogens with zero attached hydrogens (tertiary/aromatic N) is 1. The summed E-state index contributed by atoms with van der Waals surface area (Å²) >= 11 is 0. The quantitative estimate of drug-likeness (QED) is 0.881. The zero-order chi connectivity index (χ0) is 18.1. The standard InChI is InChI=1S/C17H21F2NO4/c1-3-7-17(16(23)24)9-20(8-6-12(17)21)15(22)11-5-4-10(2)13(18)14(11)19/h4-5,12,21H,3,6-9H2,1-2H3,(H,23,24)/t12-,17+/m0/s1. The van der Waals surface area contributed by atoms with E-state index in [9.17, 15) is 28.6 Å². The average molecular weight is 341 g/mol. The topological polar surface area (TPSA) is 77.8 Å². The maximum atomic E-state index is 14.1. The lowest BCUT2D eigenvalue weighted by Gasteiger charge is -2.43. The van der Waals surface area contributed by atoms with Gasteiger partial charge >= 0.3 is 5.97 Å². The molecule has 5 nitrogen and oxygen atoms in total. The predicted molar refractivity (Wildman–Crippen MR) is 82.6 cm³/mol. The molecule has 1 amide bonds. The number of hydrogen-bond donors (Lipinski definition) is 2. The molecular weight excluding hydrogens is 320 g/mol. The summed E-state index contributed by atoms with van der Waals surface area (Å²) < 4.78 is 27.8. The van der Waals surface area contributed by atoms with Gasteiger partial charge in [0.05, 0.1) is 11.7 Å². The van der Waals surface area contributed by atoms with Gasteiger partial charge in [-0.3, -0.25) is 9.59 Å². The number of rotatable bonds is 4. The molecule has 0 saturated carbocycles. The number of hydrogen-bond acceptors (Lipinski definition) is 3. The van der Waals surface area contributed by atoms with E-state index in [0.29, 0.717) is 6.42 Å². The molecular formula is C17H21F2NO4. The Labute approximate surface area is 138 Å². The SMILES string of the molecule is CCC[C@@]1(C(=O)O)CN(C(=O)c2ccc(C)c(F)c2F)CC[C@@H]1O. The molecule has 0 radical (unpaired) electrons. The molecule has 2 atom stereocenters. The summed E-state index contributed by atoms with van der Waals surface area (Å²) in [5.41, 5.74) is -1.82. The number of benzene rings is 1. The van der Waals surface area contributed by atoms with E-state index in [1.165, 1.54) is 24.0 Å². The molecule has 1 aliphatic heterocycles. The van der Waals surface area contributed by atoms with E-state index in [1.807, 2.05) is 0 Å². The van der Waals surface area contributed by atoms with Crippen molar-refractivity contribution < 1.29 is 28.6 Å². The Morgan fingerprint density at radius 1 is 1.33 bits per heavy atom. The van der Waals surface area contributed by atoms with Crippen LogP contribution in [0.4, 0.5) is 8.78 Å². The van der Waals surface area contributed by atoms with Crippen LogP contribution in [-0.2, 0) is 4.79 Å². The highest BCUT2D eigenvalue weighted by Gasteiger charge is 2.49. The highest BCUT2D eigenvalue weighted by molar-refractivity contribution is 5.95. The number of aliphatic carboxylic acids is 1. The maximum Gasteiger partial charge on any atom is 0.314 e. The number of carboxylic acids is 1. The Morgan fingerprint density at radius 3 is 2.58 bits per heavy atom. The molecule has 1 aliphatic rings. The summed E-state index contributed by atoms with van der Waals surface area (Å²) in [7, 11) is 0. The van der Waals surface area contributed by atoms with Crippen molar-refractivity contribution in [1.82, 2.24) is 4.90 Å². The zero-order valence-corrected chi connectivity index (χ0v) is 13.7. The molecule has 1 fully saturated rings. The van der Waals surface area contributed by atoms with Crippen LogP contribution >= 0.6 is 0 Å². The van der Waals surface area contributed by atoms with Gasteiger partial charge in [0.15, 0.2) is 11.6 Å². The maximum absolute atomic E-state index is 14.1. The number of aliphatic hydroxyl groups excluding tert-OH is 1. The molecule has 0 bridgehead atoms. The van der Waals surface area contributed by atoms with Gasteiger partial charge in [-0.05, 0) is 31.4 Å². The van der Waals surface area contributed by atoms with Crippen molar-refractivity contribution in [2.45, 2.75) is 39.2 Å². The first kappa shape index (κ1) is 18.3. The minimum atomic E-state index is -1.48. The van der Waals surface area contributed by atoms with Crippen molar-refractivity contribution in [2.75, 3.05) is 13.1 Å². The highest BCUT2D eigenvalue weighted by Crippen LogP contribution is 2.36. The van der Waals surface area contributed by atoms with Crippen LogP contribution < -0.4 is 0 Å². The van der Waals surface area contributed by atoms with E-state index in [4.69, 9.17) is 0 Å². The van der Waals surface area contributed by atoms with Crippen molar-refractivity contribution in [2.24, 2.45) is 5.41 Å². The van der Waals surface area contributed by atoms with Crippen LogP contribution in [0, 0.1) is 24.0 Å². The lowest BCUT2D eigenvalue weighted by atomic mass is 9.74. The van der Waals surface area contributed by atoms with E-state index in [-0.39, 0.29) is 31.5 Å². The Balaban J connectivity index is 2.34. The molecule has 0 unspecified atom stereocenters. The second-order valence-corrected chi connectivity index (χ2v) is 6.30. The molecule has 1 heterocycles. The second-order valence-electron chi connectivity index (χ2n) is 6.30. The largest absolute Gasteiger partial charge is 0.481 e. The molecule has 0 aliphatic carbocycles. The summed E-state index contributed by atoms with van der Waals surface area (Å²) in [6, 6.07) is 2.50. The lowest BCUT2D eigenvalue weighted by Crippen LogP contribution is -2.57. The molecule has 1 aromatic rings. The Kier molecular flexibility index (Phi) is 5.22. The van der Waals surface area contributed by atoms with Gasteiger partial charge in [0.2, 0.25) is 0 Å². The number of carboxylic acid groups (broad SMARTS) is 1. The first-order chi connectivity index (χ1) is 11.2. The lowest BCUT2D eigenvalue weighted by molar-refractivity contribution is -0.162. The number of halogens is 2. The average Bonchev–Trinajstić information content (AvgIpc) is 2.54. The van der Waals surface area contributed by atoms with E-state index in [0.717, 1.165) is 0 Å². The van der Waals surface area contributed by atoms with Crippen LogP contribution in [0.3, 0.4) is 0 Å². The first-order valence-electron chi connectivity index (χ1n) is 7.90. The van der Waals surface area contributed by atoms with Crippen LogP contribution in [-0.4, -0.2) is 46.2 Å². The molecule has 2 rings (SSSR count). The van der Waals surface area contributed by atoms with E-state index in [2.05, 4.69) is 0 Å². The van der Waals surface area contributed by atoms with Gasteiger partial charge in [-0.25, -0.2) is 8.78 Å². The van der Waals surface area contributed by atoms with Gasteiger partial charge in [-0.2, -0.15) is 0 Å². The third kappa shape index (κ3) is 3.00. The van der Waals surface area contributed by atoms with Crippen molar-refractivity contribution in [3.8, 4) is 0 Å². The van der Waals surface area contributed by atoms with Crippen LogP contribution in [0.1, 0.15) is 42.1 Å². The number of amides is 1. The van der Waals surface area contributed by atoms with Crippen molar-refractivity contribution in [1.29, 1.82) is 0 Å². The Morgan fingerprint density at radius 2 is 2.00 bits per heavy atom. The number of piperidine rings is 1. The molecule has 0 spiro atoms. The summed E-state index contributed by atoms with van der Waals surface area (Å²) in [4.78, 5) is 25.4. The fourth-order valence-corrected chi connectivity index (χ4v) is 3.24. The van der Waals surface area contributed by atoms with E-state index < -0.39 is 40.6 Å². The molecule has 1 saturated heterocycles.